The molecule has 0 saturated heterocycles. The highest BCUT2D eigenvalue weighted by atomic mass is 35.5. The number of fused-ring (bicyclic) bond motifs is 1. The van der Waals surface area contributed by atoms with E-state index in [2.05, 4.69) is 0 Å². The van der Waals surface area contributed by atoms with Crippen LogP contribution in [0, 0.1) is 17.5 Å². The normalized spacial score (nSPS) is 15.2. The average Bonchev–Trinajstić information content (AvgIpc) is 3.23. The molecule has 1 unspecified atom stereocenters. The first-order valence-electron chi connectivity index (χ1n) is 11.2. The maximum Gasteiger partial charge on any atom is 0.173 e. The number of aromatic nitrogens is 2. The number of aryl methyl sites for hydroxylation is 1. The van der Waals surface area contributed by atoms with E-state index in [1.807, 2.05) is 4.57 Å². The Kier molecular flexibility index (Phi) is 6.80. The zero-order valence-electron chi connectivity index (χ0n) is 18.9. The van der Waals surface area contributed by atoms with Crippen LogP contribution in [0.3, 0.4) is 0 Å². The van der Waals surface area contributed by atoms with Crippen LogP contribution in [0.25, 0.3) is 5.69 Å². The molecule has 3 aromatic carbocycles. The first-order valence-corrected chi connectivity index (χ1v) is 12.6. The van der Waals surface area contributed by atoms with Crippen molar-refractivity contribution in [2.24, 2.45) is 0 Å². The van der Waals surface area contributed by atoms with E-state index in [1.54, 1.807) is 36.4 Å². The summed E-state index contributed by atoms with van der Waals surface area (Å²) >= 11 is 7.63. The van der Waals surface area contributed by atoms with Gasteiger partial charge < -0.3 is 4.74 Å². The van der Waals surface area contributed by atoms with Gasteiger partial charge in [-0.15, -0.1) is 0 Å². The Morgan fingerprint density at radius 2 is 1.86 bits per heavy atom. The molecular weight excluding hydrogens is 493 g/mol. The van der Waals surface area contributed by atoms with Gasteiger partial charge in [0.1, 0.15) is 11.6 Å². The molecule has 0 fully saturated rings. The van der Waals surface area contributed by atoms with Crippen molar-refractivity contribution in [1.29, 1.82) is 0 Å². The lowest BCUT2D eigenvalue weighted by Crippen LogP contribution is -2.15. The van der Waals surface area contributed by atoms with Crippen molar-refractivity contribution in [3.05, 3.63) is 106 Å². The van der Waals surface area contributed by atoms with E-state index in [1.165, 1.54) is 43.1 Å². The van der Waals surface area contributed by atoms with Gasteiger partial charge >= 0.3 is 0 Å². The van der Waals surface area contributed by atoms with Gasteiger partial charge in [-0.25, -0.2) is 18.2 Å². The SMILES string of the molecule is COc1cc(C2CCCc3nc(SCc4c(F)cccc4Cl)n(-c4ccc(F)cc4)c32)ccc1F. The first-order chi connectivity index (χ1) is 17.0. The number of hydrogen-bond donors (Lipinski definition) is 0. The van der Waals surface area contributed by atoms with Gasteiger partial charge in [0.15, 0.2) is 16.7 Å². The van der Waals surface area contributed by atoms with E-state index in [9.17, 15) is 13.2 Å². The van der Waals surface area contributed by atoms with Crippen LogP contribution in [-0.4, -0.2) is 16.7 Å². The fraction of sp³-hybridized carbons (Fsp3) is 0.222. The third-order valence-electron chi connectivity index (χ3n) is 6.26. The van der Waals surface area contributed by atoms with E-state index >= 15 is 0 Å². The molecule has 1 heterocycles. The number of nitrogens with zero attached hydrogens (tertiary/aromatic N) is 2. The minimum absolute atomic E-state index is 0.0581. The highest BCUT2D eigenvalue weighted by Gasteiger charge is 2.30. The maximum atomic E-state index is 14.4. The average molecular weight is 515 g/mol. The van der Waals surface area contributed by atoms with Gasteiger partial charge in [-0.1, -0.05) is 35.5 Å². The summed E-state index contributed by atoms with van der Waals surface area (Å²) in [5.41, 5.74) is 3.98. The minimum atomic E-state index is -0.419. The Balaban J connectivity index is 1.62. The van der Waals surface area contributed by atoms with Crippen LogP contribution in [0.15, 0.2) is 65.8 Å². The number of imidazole rings is 1. The van der Waals surface area contributed by atoms with Crippen molar-refractivity contribution in [3.8, 4) is 11.4 Å². The fourth-order valence-corrected chi connectivity index (χ4v) is 5.95. The van der Waals surface area contributed by atoms with Gasteiger partial charge in [0.05, 0.1) is 18.5 Å². The van der Waals surface area contributed by atoms with Crippen LogP contribution in [0.1, 0.15) is 41.3 Å². The van der Waals surface area contributed by atoms with Crippen LogP contribution in [0.2, 0.25) is 5.02 Å². The number of halogens is 4. The number of hydrogen-bond acceptors (Lipinski definition) is 3. The second kappa shape index (κ2) is 9.99. The third kappa shape index (κ3) is 4.67. The van der Waals surface area contributed by atoms with Crippen LogP contribution in [0.5, 0.6) is 5.75 Å². The van der Waals surface area contributed by atoms with Crippen molar-refractivity contribution in [2.75, 3.05) is 7.11 Å². The number of ether oxygens (including phenoxy) is 1. The van der Waals surface area contributed by atoms with E-state index in [0.29, 0.717) is 15.7 Å². The van der Waals surface area contributed by atoms with Crippen molar-refractivity contribution < 1.29 is 17.9 Å². The van der Waals surface area contributed by atoms with Crippen LogP contribution >= 0.6 is 23.4 Å². The maximum absolute atomic E-state index is 14.4. The Morgan fingerprint density at radius 3 is 2.60 bits per heavy atom. The molecule has 0 N–H and O–H groups in total. The molecular formula is C27H22ClF3N2OS. The standard InChI is InChI=1S/C27H22ClF3N2OS/c1-34-25-14-16(8-13-23(25)31)19-4-2-7-24-26(19)33(18-11-9-17(29)10-12-18)27(32-24)35-15-20-21(28)5-3-6-22(20)30/h3,5-6,8-14,19H,2,4,7,15H2,1H3. The van der Waals surface area contributed by atoms with E-state index in [4.69, 9.17) is 21.3 Å². The summed E-state index contributed by atoms with van der Waals surface area (Å²) in [6.07, 6.45) is 2.55. The Bertz CT molecular complexity index is 1350. The molecule has 4 aromatic rings. The van der Waals surface area contributed by atoms with Gasteiger partial charge in [-0.05, 0) is 73.4 Å². The van der Waals surface area contributed by atoms with Gasteiger partial charge in [0, 0.05) is 27.9 Å². The molecule has 0 amide bonds. The quantitative estimate of drug-likeness (QED) is 0.246. The zero-order valence-corrected chi connectivity index (χ0v) is 20.5. The fourth-order valence-electron chi connectivity index (χ4n) is 4.57. The summed E-state index contributed by atoms with van der Waals surface area (Å²) in [4.78, 5) is 4.92. The summed E-state index contributed by atoms with van der Waals surface area (Å²) in [6, 6.07) is 15.7. The van der Waals surface area contributed by atoms with Gasteiger partial charge in [-0.2, -0.15) is 0 Å². The molecule has 3 nitrogen and oxygen atoms in total. The molecule has 8 heteroatoms. The first kappa shape index (κ1) is 23.8. The van der Waals surface area contributed by atoms with Crippen LogP contribution in [-0.2, 0) is 12.2 Å². The summed E-state index contributed by atoms with van der Waals surface area (Å²) in [5.74, 6) is -0.709. The van der Waals surface area contributed by atoms with Crippen molar-refractivity contribution in [2.45, 2.75) is 36.1 Å². The zero-order chi connectivity index (χ0) is 24.5. The number of benzene rings is 3. The Hall–Kier alpha value is -2.90. The molecule has 1 aliphatic rings. The van der Waals surface area contributed by atoms with Crippen molar-refractivity contribution in [1.82, 2.24) is 9.55 Å². The predicted molar refractivity (Wildman–Crippen MR) is 132 cm³/mol. The second-order valence-corrected chi connectivity index (χ2v) is 9.72. The topological polar surface area (TPSA) is 27.1 Å². The summed E-state index contributed by atoms with van der Waals surface area (Å²) in [5, 5.41) is 1.03. The number of methoxy groups -OCH3 is 1. The summed E-state index contributed by atoms with van der Waals surface area (Å²) in [6.45, 7) is 0. The molecule has 35 heavy (non-hydrogen) atoms. The minimum Gasteiger partial charge on any atom is -0.494 e. The molecule has 1 aromatic heterocycles. The number of thioether (sulfide) groups is 1. The van der Waals surface area contributed by atoms with Crippen molar-refractivity contribution >= 4 is 23.4 Å². The monoisotopic (exact) mass is 514 g/mol. The molecule has 0 bridgehead atoms. The van der Waals surface area contributed by atoms with E-state index in [0.717, 1.165) is 41.9 Å². The molecule has 0 saturated carbocycles. The molecule has 0 aliphatic heterocycles. The van der Waals surface area contributed by atoms with Gasteiger partial charge in [0.2, 0.25) is 0 Å². The highest BCUT2D eigenvalue weighted by molar-refractivity contribution is 7.98. The second-order valence-electron chi connectivity index (χ2n) is 8.37. The third-order valence-corrected chi connectivity index (χ3v) is 7.58. The van der Waals surface area contributed by atoms with E-state index < -0.39 is 5.82 Å². The Morgan fingerprint density at radius 1 is 1.06 bits per heavy atom. The number of rotatable bonds is 6. The van der Waals surface area contributed by atoms with Crippen LogP contribution < -0.4 is 4.74 Å². The van der Waals surface area contributed by atoms with Crippen LogP contribution in [0.4, 0.5) is 13.2 Å². The molecule has 180 valence electrons. The largest absolute Gasteiger partial charge is 0.494 e. The lowest BCUT2D eigenvalue weighted by molar-refractivity contribution is 0.385. The molecule has 1 aliphatic carbocycles. The Labute approximate surface area is 210 Å². The highest BCUT2D eigenvalue weighted by Crippen LogP contribution is 2.42. The molecule has 0 radical (unpaired) electrons. The molecule has 5 rings (SSSR count). The lowest BCUT2D eigenvalue weighted by Gasteiger charge is -2.25. The predicted octanol–water partition coefficient (Wildman–Crippen LogP) is 7.71. The van der Waals surface area contributed by atoms with Gasteiger partial charge in [-0.3, -0.25) is 4.57 Å². The van der Waals surface area contributed by atoms with Gasteiger partial charge in [0.25, 0.3) is 0 Å². The molecule has 0 spiro atoms. The van der Waals surface area contributed by atoms with E-state index in [-0.39, 0.29) is 29.1 Å². The van der Waals surface area contributed by atoms with Crippen molar-refractivity contribution in [3.63, 3.8) is 0 Å². The molecule has 1 atom stereocenters. The summed E-state index contributed by atoms with van der Waals surface area (Å²) in [7, 11) is 1.44. The lowest BCUT2D eigenvalue weighted by atomic mass is 9.84. The smallest absolute Gasteiger partial charge is 0.173 e. The summed E-state index contributed by atoms with van der Waals surface area (Å²) < 4.78 is 49.5.